The Balaban J connectivity index is 0.848. The van der Waals surface area contributed by atoms with E-state index in [1.165, 1.54) is 23.7 Å². The second-order valence-electron chi connectivity index (χ2n) is 33.6. The molecule has 0 saturated carbocycles. The summed E-state index contributed by atoms with van der Waals surface area (Å²) in [6.45, 7) is 8.27. The third-order valence-corrected chi connectivity index (χ3v) is 24.5. The van der Waals surface area contributed by atoms with Gasteiger partial charge in [0.1, 0.15) is 101 Å². The number of aliphatic carboxylic acids is 1. The molecule has 39 heteroatoms. The molecule has 22 N–H and O–H groups in total. The van der Waals surface area contributed by atoms with Gasteiger partial charge in [-0.05, 0) is 159 Å². The number of nitrogens with two attached hydrogens (primary N) is 1. The number of benzene rings is 7. The summed E-state index contributed by atoms with van der Waals surface area (Å²) >= 11 is 14.4. The molecule has 2 fully saturated rings. The predicted octanol–water partition coefficient (Wildman–Crippen LogP) is 6.25. The summed E-state index contributed by atoms with van der Waals surface area (Å²) < 4.78 is 47.3. The van der Waals surface area contributed by atoms with Crippen molar-refractivity contribution < 1.29 is 133 Å². The molecule has 7 aromatic carbocycles. The molecule has 37 nitrogen and oxygen atoms in total. The summed E-state index contributed by atoms with van der Waals surface area (Å²) in [7, 11) is 1.47. The highest BCUT2D eigenvalue weighted by molar-refractivity contribution is 6.32. The Morgan fingerprint density at radius 2 is 1.33 bits per heavy atom. The van der Waals surface area contributed by atoms with Gasteiger partial charge in [0.15, 0.2) is 41.7 Å². The predicted molar refractivity (Wildman–Crippen MR) is 464 cm³/mol. The number of aromatic hydroxyl groups is 5. The second kappa shape index (κ2) is 39.0. The SMILES string of the molecule is CN[C@@H](CC(C)C)C(=O)NC1C(=O)N[C@@H](CC(N)=O)C(=O)N[C@H]2C(=O)N[C@H]3C(=O)N[C@H](C(=O)N[C@H](C(=O)O)c4cc(O)cc(O)c4-c4cc3ccc4O)[C@H](O)c3ccc(c(Cl)c3)Oc3cc2cc(c3O[C@H]2OC(CO)[C@H](O)[C@H](O)C2O[C@H]2CC(C)(Nc3ccc(OCCCn4c(O)c5c(c4O)C(/C=C/c4ccccc4)CC5C)cc3)[C@H](O)C(C)O2)Oc2ccc(cc2Cl)[C@H]1O. The number of carboxylic acids is 1. The molecule has 8 aromatic rings. The number of nitrogens with one attached hydrogen (secondary N) is 8. The van der Waals surface area contributed by atoms with E-state index in [4.69, 9.17) is 62.1 Å². The van der Waals surface area contributed by atoms with E-state index in [0.717, 1.165) is 78.7 Å². The van der Waals surface area contributed by atoms with E-state index in [9.17, 15) is 75.7 Å². The Labute approximate surface area is 753 Å². The van der Waals surface area contributed by atoms with Crippen LogP contribution in [0.2, 0.25) is 10.0 Å². The maximum absolute atomic E-state index is 16.3. The molecular formula is C91H100Cl2N10O27. The smallest absolute Gasteiger partial charge is 0.330 e. The molecule has 690 valence electrons. The summed E-state index contributed by atoms with van der Waals surface area (Å²) in [5.74, 6) is -15.9. The van der Waals surface area contributed by atoms with Crippen molar-refractivity contribution in [3.05, 3.63) is 194 Å². The minimum atomic E-state index is -2.39. The number of carbonyl (C=O) groups is 8. The molecule has 0 spiro atoms. The number of halogens is 2. The van der Waals surface area contributed by atoms with E-state index in [2.05, 4.69) is 42.5 Å². The number of hydrogen-bond acceptors (Lipinski definition) is 28. The number of carboxylic acid groups (broad SMARTS) is 1. The van der Waals surface area contributed by atoms with Crippen molar-refractivity contribution in [2.75, 3.05) is 25.6 Å². The lowest BCUT2D eigenvalue weighted by molar-refractivity contribution is -0.332. The monoisotopic (exact) mass is 1830 g/mol. The molecule has 2 saturated heterocycles. The fraction of sp³-hybridized carbons (Fsp3) is 0.385. The fourth-order valence-electron chi connectivity index (χ4n) is 17.2. The number of rotatable bonds is 22. The maximum atomic E-state index is 16.3. The van der Waals surface area contributed by atoms with Gasteiger partial charge in [0.05, 0.1) is 47.4 Å². The van der Waals surface area contributed by atoms with Gasteiger partial charge in [-0.25, -0.2) is 4.79 Å². The Morgan fingerprint density at radius 1 is 0.692 bits per heavy atom. The Bertz CT molecular complexity index is 5670. The summed E-state index contributed by atoms with van der Waals surface area (Å²) in [6.07, 6.45) is -14.1. The number of likely N-dealkylation sites (N-methyl/N-ethyl adjacent to an activating group) is 1. The molecule has 20 atom stereocenters. The van der Waals surface area contributed by atoms with Crippen LogP contribution in [-0.2, 0) is 59.1 Å². The van der Waals surface area contributed by atoms with Crippen molar-refractivity contribution in [3.63, 3.8) is 0 Å². The first-order chi connectivity index (χ1) is 61.9. The number of primary amides is 1. The summed E-state index contributed by atoms with van der Waals surface area (Å²) in [5.41, 5.74) is 4.37. The van der Waals surface area contributed by atoms with Gasteiger partial charge in [-0.2, -0.15) is 0 Å². The number of aromatic nitrogens is 1. The van der Waals surface area contributed by atoms with Crippen molar-refractivity contribution >= 4 is 82.3 Å². The van der Waals surface area contributed by atoms with Crippen LogP contribution in [0.5, 0.6) is 63.5 Å². The number of amides is 7. The highest BCUT2D eigenvalue weighted by Gasteiger charge is 2.53. The van der Waals surface area contributed by atoms with Crippen LogP contribution in [0.15, 0.2) is 140 Å². The lowest BCUT2D eigenvalue weighted by Gasteiger charge is -2.48. The molecule has 130 heavy (non-hydrogen) atoms. The Kier molecular flexibility index (Phi) is 28.1. The molecule has 16 rings (SSSR count). The number of phenolic OH excluding ortho intramolecular Hbond substituents is 3. The zero-order valence-electron chi connectivity index (χ0n) is 70.8. The number of nitrogens with zero attached hydrogens (tertiary/aromatic N) is 1. The number of anilines is 1. The number of ether oxygens (including phenoxy) is 7. The van der Waals surface area contributed by atoms with E-state index in [1.807, 2.05) is 63.3 Å². The van der Waals surface area contributed by atoms with Gasteiger partial charge in [-0.3, -0.25) is 38.1 Å². The number of fused-ring (bicyclic) bond motifs is 16. The zero-order chi connectivity index (χ0) is 93.3. The van der Waals surface area contributed by atoms with Gasteiger partial charge < -0.3 is 143 Å². The first kappa shape index (κ1) is 93.6. The number of hydrogen-bond donors (Lipinski definition) is 21. The average Bonchev–Trinajstić information content (AvgIpc) is 1.42. The highest BCUT2D eigenvalue weighted by Crippen LogP contribution is 2.54. The van der Waals surface area contributed by atoms with E-state index in [-0.39, 0.29) is 83.0 Å². The second-order valence-corrected chi connectivity index (χ2v) is 34.4. The number of carbonyl (C=O) groups excluding carboxylic acids is 7. The molecule has 7 unspecified atom stereocenters. The third-order valence-electron chi connectivity index (χ3n) is 23.9. The van der Waals surface area contributed by atoms with Crippen molar-refractivity contribution in [2.45, 2.75) is 194 Å². The highest BCUT2D eigenvalue weighted by atomic mass is 35.5. The summed E-state index contributed by atoms with van der Waals surface area (Å²) in [4.78, 5) is 118. The normalized spacial score (nSPS) is 27.1. The Hall–Kier alpha value is -12.5. The summed E-state index contributed by atoms with van der Waals surface area (Å²) in [6, 6.07) is 15.7. The first-order valence-electron chi connectivity index (χ1n) is 41.9. The van der Waals surface area contributed by atoms with Gasteiger partial charge in [0.25, 0.3) is 0 Å². The van der Waals surface area contributed by atoms with Gasteiger partial charge in [0, 0.05) is 58.5 Å². The standard InChI is InChI=1S/C91H100Cl2N10O27/c1-39(2)27-55(95-6)81(114)100-72-74(109)45-16-23-59(53(92)30-45)126-61-32-47-33-62(127-60-24-17-46(31-54(60)93)75(110)73-86(119)99-71(89(122)123)52-34-49(105)35-58(107)68(52)51-29-44(15-22-57(51)106)69(83(116)101-73)98-84(117)70(47)97-82(115)56(36-64(94)108)96-85(72)118)78(61)130-90-79(77(112)76(111)63(38-104)128-90)129-65-37-91(5,80(113)41(4)125-65)102-48-18-20-50(21-19-48)124-26-10-25-103-87(120)66-40(3)28-43(67(66)88(103)121)14-13-42-11-8-7-9-12-42/h7-9,11-24,29-35,39-41,43,55-56,63,65,69-77,79-80,90,95,102,104-107,109-113,120-121H,10,25-28,36-38H2,1-6H3,(H2,94,108)(H,96,118)(H,97,115)(H,98,117)(H,99,119)(H,100,114)(H,101,116)(H,122,123)/b14-13+/t40?,41?,43?,55-,56-,63?,65-,69+,70+,71-,72?,73-,74+,75+,76-,77-,79?,80+,90+,91?/m0/s1. The molecule has 1 aromatic heterocycles. The zero-order valence-corrected chi connectivity index (χ0v) is 72.3. The number of phenols is 3. The van der Waals surface area contributed by atoms with Crippen molar-refractivity contribution in [1.29, 1.82) is 0 Å². The number of aliphatic hydroxyl groups excluding tert-OH is 6. The van der Waals surface area contributed by atoms with Gasteiger partial charge in [-0.1, -0.05) is 105 Å². The average molecular weight is 1840 g/mol. The van der Waals surface area contributed by atoms with Gasteiger partial charge >= 0.3 is 5.97 Å². The topological polar surface area (TPSA) is 571 Å². The molecule has 8 heterocycles. The van der Waals surface area contributed by atoms with Crippen LogP contribution in [0.4, 0.5) is 5.69 Å². The minimum absolute atomic E-state index is 0.00461. The van der Waals surface area contributed by atoms with Crippen LogP contribution >= 0.6 is 23.2 Å². The van der Waals surface area contributed by atoms with E-state index in [1.54, 1.807) is 38.1 Å². The molecular weight excluding hydrogens is 1740 g/mol. The van der Waals surface area contributed by atoms with E-state index in [0.29, 0.717) is 29.0 Å². The maximum Gasteiger partial charge on any atom is 0.330 e. The van der Waals surface area contributed by atoms with Crippen LogP contribution in [0, 0.1) is 5.92 Å². The molecule has 7 amide bonds. The van der Waals surface area contributed by atoms with Gasteiger partial charge in [0.2, 0.25) is 53.4 Å². The summed E-state index contributed by atoms with van der Waals surface area (Å²) in [5, 5.41) is 160. The lowest BCUT2D eigenvalue weighted by atomic mass is 9.84. The van der Waals surface area contributed by atoms with E-state index >= 15 is 24.0 Å². The molecule has 0 radical (unpaired) electrons. The molecule has 7 aliphatic heterocycles. The number of allylic oxidation sites excluding steroid dienone is 1. The largest absolute Gasteiger partial charge is 0.508 e. The molecule has 11 bridgehead atoms. The van der Waals surface area contributed by atoms with Crippen LogP contribution in [0.3, 0.4) is 0 Å². The number of aliphatic hydroxyl groups is 6. The first-order valence-corrected chi connectivity index (χ1v) is 42.7. The van der Waals surface area contributed by atoms with Gasteiger partial charge in [-0.15, -0.1) is 0 Å². The van der Waals surface area contributed by atoms with Crippen LogP contribution in [-0.4, -0.2) is 212 Å². The fourth-order valence-corrected chi connectivity index (χ4v) is 17.7. The lowest BCUT2D eigenvalue weighted by Crippen LogP contribution is -2.64. The van der Waals surface area contributed by atoms with E-state index < -0.39 is 237 Å². The van der Waals surface area contributed by atoms with Crippen LogP contribution in [0.1, 0.15) is 153 Å². The van der Waals surface area contributed by atoms with Crippen molar-refractivity contribution in [2.24, 2.45) is 11.7 Å². The minimum Gasteiger partial charge on any atom is -0.508 e. The van der Waals surface area contributed by atoms with Crippen LogP contribution in [0.25, 0.3) is 17.2 Å². The van der Waals surface area contributed by atoms with Crippen molar-refractivity contribution in [1.82, 2.24) is 41.8 Å². The molecule has 1 aliphatic carbocycles. The van der Waals surface area contributed by atoms with Crippen LogP contribution < -0.4 is 67.2 Å². The quantitative estimate of drug-likeness (QED) is 0.0333. The van der Waals surface area contributed by atoms with Crippen molar-refractivity contribution in [3.8, 4) is 74.6 Å². The molecule has 8 aliphatic rings. The third kappa shape index (κ3) is 19.8. The Morgan fingerprint density at radius 3 is 1.97 bits per heavy atom.